The third-order valence-corrected chi connectivity index (χ3v) is 5.59. The Labute approximate surface area is 165 Å². The number of pyridine rings is 1. The summed E-state index contributed by atoms with van der Waals surface area (Å²) in [5.41, 5.74) is 1.85. The van der Waals surface area contributed by atoms with Crippen LogP contribution in [0.5, 0.6) is 0 Å². The Morgan fingerprint density at radius 2 is 2.07 bits per heavy atom. The highest BCUT2D eigenvalue weighted by atomic mass is 19.4. The van der Waals surface area contributed by atoms with Gasteiger partial charge in [-0.2, -0.15) is 13.2 Å². The van der Waals surface area contributed by atoms with Crippen LogP contribution in [0.4, 0.5) is 17.6 Å². The van der Waals surface area contributed by atoms with Crippen molar-refractivity contribution in [1.29, 1.82) is 0 Å². The van der Waals surface area contributed by atoms with Crippen molar-refractivity contribution in [3.8, 4) is 0 Å². The van der Waals surface area contributed by atoms with Gasteiger partial charge in [-0.3, -0.25) is 4.79 Å². The van der Waals surface area contributed by atoms with Crippen molar-refractivity contribution in [3.63, 3.8) is 0 Å². The van der Waals surface area contributed by atoms with Gasteiger partial charge in [0.2, 0.25) is 5.91 Å². The van der Waals surface area contributed by atoms with E-state index in [1.165, 1.54) is 4.90 Å². The second-order valence-electron chi connectivity index (χ2n) is 7.38. The van der Waals surface area contributed by atoms with Crippen LogP contribution in [0.15, 0.2) is 42.6 Å². The van der Waals surface area contributed by atoms with Crippen LogP contribution in [0, 0.1) is 11.9 Å². The molecule has 2 heterocycles. The van der Waals surface area contributed by atoms with Crippen LogP contribution in [0.1, 0.15) is 28.8 Å². The maximum absolute atomic E-state index is 13.3. The Balaban J connectivity index is 1.54. The lowest BCUT2D eigenvalue weighted by atomic mass is 9.92. The highest BCUT2D eigenvalue weighted by Gasteiger charge is 2.35. The number of hydrogen-bond acceptors (Lipinski definition) is 1. The van der Waals surface area contributed by atoms with Crippen LogP contribution < -0.4 is 0 Å². The van der Waals surface area contributed by atoms with Crippen molar-refractivity contribution in [2.24, 2.45) is 0 Å². The Morgan fingerprint density at radius 3 is 2.83 bits per heavy atom. The van der Waals surface area contributed by atoms with Crippen molar-refractivity contribution in [2.75, 3.05) is 7.05 Å². The normalized spacial score (nSPS) is 16.7. The molecule has 0 spiro atoms. The van der Waals surface area contributed by atoms with E-state index >= 15 is 0 Å². The molecule has 1 radical (unpaired) electrons. The topological polar surface area (TPSA) is 24.7 Å². The predicted molar refractivity (Wildman–Crippen MR) is 99.9 cm³/mol. The van der Waals surface area contributed by atoms with E-state index in [0.717, 1.165) is 41.7 Å². The minimum Gasteiger partial charge on any atom is -0.342 e. The van der Waals surface area contributed by atoms with Crippen LogP contribution >= 0.6 is 0 Å². The van der Waals surface area contributed by atoms with Crippen LogP contribution in [-0.2, 0) is 30.2 Å². The summed E-state index contributed by atoms with van der Waals surface area (Å²) < 4.78 is 55.0. The molecule has 1 aliphatic carbocycles. The molecular formula is C22H19F4N2O. The molecule has 4 rings (SSSR count). The minimum absolute atomic E-state index is 0.114. The molecule has 2 aromatic heterocycles. The molecule has 1 aromatic carbocycles. The van der Waals surface area contributed by atoms with Gasteiger partial charge in [0.25, 0.3) is 0 Å². The van der Waals surface area contributed by atoms with Gasteiger partial charge < -0.3 is 9.30 Å². The fraction of sp³-hybridized carbons (Fsp3) is 0.318. The second-order valence-corrected chi connectivity index (χ2v) is 7.38. The standard InChI is InChI=1S/C22H19F4N2O/c1-27(21(29)11-14-5-7-16(23)12-19(14)22(24,25)26)17-8-6-15-10-18-4-2-3-9-28(18)20(15)13-17/h2-5,7,9,12,17H,6,8,11,13H2,1H3/t17-/m1/s1. The van der Waals surface area contributed by atoms with E-state index in [9.17, 15) is 22.4 Å². The van der Waals surface area contributed by atoms with Crippen LogP contribution in [0.25, 0.3) is 5.52 Å². The number of amides is 1. The molecule has 0 saturated carbocycles. The van der Waals surface area contributed by atoms with Crippen LogP contribution in [-0.4, -0.2) is 28.3 Å². The van der Waals surface area contributed by atoms with Gasteiger partial charge in [0, 0.05) is 37.5 Å². The third-order valence-electron chi connectivity index (χ3n) is 5.59. The largest absolute Gasteiger partial charge is 0.416 e. The number of nitrogens with zero attached hydrogens (tertiary/aromatic N) is 2. The van der Waals surface area contributed by atoms with Gasteiger partial charge in [-0.15, -0.1) is 0 Å². The van der Waals surface area contributed by atoms with Crippen molar-refractivity contribution in [1.82, 2.24) is 9.30 Å². The van der Waals surface area contributed by atoms with Gasteiger partial charge in [-0.1, -0.05) is 12.1 Å². The van der Waals surface area contributed by atoms with E-state index in [0.29, 0.717) is 12.5 Å². The zero-order valence-corrected chi connectivity index (χ0v) is 15.8. The molecule has 1 amide bonds. The smallest absolute Gasteiger partial charge is 0.342 e. The van der Waals surface area contributed by atoms with Gasteiger partial charge in [-0.05, 0) is 48.2 Å². The van der Waals surface area contributed by atoms with Crippen molar-refractivity contribution in [3.05, 3.63) is 76.9 Å². The molecular weight excluding hydrogens is 384 g/mol. The lowest BCUT2D eigenvalue weighted by molar-refractivity contribution is -0.139. The first-order valence-electron chi connectivity index (χ1n) is 9.35. The van der Waals surface area contributed by atoms with Gasteiger partial charge in [-0.25, -0.2) is 4.39 Å². The Morgan fingerprint density at radius 1 is 1.28 bits per heavy atom. The average molecular weight is 403 g/mol. The van der Waals surface area contributed by atoms with E-state index in [1.807, 2.05) is 28.8 Å². The van der Waals surface area contributed by atoms with Crippen LogP contribution in [0.2, 0.25) is 0 Å². The number of fused-ring (bicyclic) bond motifs is 3. The van der Waals surface area contributed by atoms with Crippen LogP contribution in [0.3, 0.4) is 0 Å². The fourth-order valence-corrected chi connectivity index (χ4v) is 4.01. The number of carbonyl (C=O) groups excluding carboxylic acids is 1. The number of likely N-dealkylation sites (N-methyl/N-ethyl adjacent to an activating group) is 1. The maximum atomic E-state index is 13.3. The Hall–Kier alpha value is -2.83. The third kappa shape index (κ3) is 3.73. The molecule has 0 unspecified atom stereocenters. The highest BCUT2D eigenvalue weighted by molar-refractivity contribution is 5.79. The average Bonchev–Trinajstić information content (AvgIpc) is 3.05. The zero-order chi connectivity index (χ0) is 20.8. The molecule has 1 aliphatic rings. The molecule has 29 heavy (non-hydrogen) atoms. The summed E-state index contributed by atoms with van der Waals surface area (Å²) in [4.78, 5) is 14.3. The first-order valence-corrected chi connectivity index (χ1v) is 9.35. The fourth-order valence-electron chi connectivity index (χ4n) is 4.01. The van der Waals surface area contributed by atoms with Gasteiger partial charge in [0.15, 0.2) is 0 Å². The van der Waals surface area contributed by atoms with E-state index in [1.54, 1.807) is 7.05 Å². The number of benzene rings is 1. The summed E-state index contributed by atoms with van der Waals surface area (Å²) in [6.45, 7) is 0. The predicted octanol–water partition coefficient (Wildman–Crippen LogP) is 4.46. The number of rotatable bonds is 3. The van der Waals surface area contributed by atoms with E-state index in [4.69, 9.17) is 0 Å². The molecule has 0 saturated heterocycles. The van der Waals surface area contributed by atoms with Gasteiger partial charge >= 0.3 is 6.18 Å². The molecule has 7 heteroatoms. The van der Waals surface area contributed by atoms with Gasteiger partial charge in [0.05, 0.1) is 17.5 Å². The Bertz CT molecular complexity index is 1070. The highest BCUT2D eigenvalue weighted by Crippen LogP contribution is 2.33. The van der Waals surface area contributed by atoms with Crippen molar-refractivity contribution < 1.29 is 22.4 Å². The summed E-state index contributed by atoms with van der Waals surface area (Å²) in [5.74, 6) is -1.39. The molecule has 3 aromatic rings. The van der Waals surface area contributed by atoms with Gasteiger partial charge in [0.1, 0.15) is 5.82 Å². The van der Waals surface area contributed by atoms with Crippen molar-refractivity contribution >= 4 is 11.4 Å². The second kappa shape index (κ2) is 7.21. The van der Waals surface area contributed by atoms with E-state index in [-0.39, 0.29) is 11.6 Å². The minimum atomic E-state index is -4.71. The maximum Gasteiger partial charge on any atom is 0.416 e. The molecule has 0 aliphatic heterocycles. The molecule has 0 N–H and O–H groups in total. The number of aryl methyl sites for hydroxylation is 1. The first-order chi connectivity index (χ1) is 13.7. The lowest BCUT2D eigenvalue weighted by Gasteiger charge is -2.32. The summed E-state index contributed by atoms with van der Waals surface area (Å²) in [5, 5.41) is 0. The quantitative estimate of drug-likeness (QED) is 0.593. The molecule has 151 valence electrons. The Kier molecular flexibility index (Phi) is 4.84. The molecule has 0 bridgehead atoms. The molecule has 3 nitrogen and oxygen atoms in total. The molecule has 1 atom stereocenters. The zero-order valence-electron chi connectivity index (χ0n) is 15.8. The van der Waals surface area contributed by atoms with Crippen molar-refractivity contribution in [2.45, 2.75) is 37.9 Å². The summed E-state index contributed by atoms with van der Waals surface area (Å²) in [6, 6.07) is 11.5. The number of halogens is 4. The summed E-state index contributed by atoms with van der Waals surface area (Å²) in [6.07, 6.45) is -1.10. The van der Waals surface area contributed by atoms with E-state index in [2.05, 4.69) is 6.07 Å². The monoisotopic (exact) mass is 403 g/mol. The number of aromatic nitrogens is 1. The number of alkyl halides is 3. The summed E-state index contributed by atoms with van der Waals surface area (Å²) in [7, 11) is 1.62. The number of hydrogen-bond donors (Lipinski definition) is 0. The van der Waals surface area contributed by atoms with E-state index < -0.39 is 29.9 Å². The SMILES string of the molecule is CN(C(=O)Cc1ccc(F)cc1C(F)(F)F)[C@@H]1CCc2[c]c3ccccn3c2C1. The summed E-state index contributed by atoms with van der Waals surface area (Å²) >= 11 is 0. The molecule has 0 fully saturated rings. The number of carbonyl (C=O) groups is 1. The first kappa shape index (κ1) is 19.5. The lowest BCUT2D eigenvalue weighted by Crippen LogP contribution is -2.41.